The summed E-state index contributed by atoms with van der Waals surface area (Å²) < 4.78 is 63.1. The summed E-state index contributed by atoms with van der Waals surface area (Å²) in [5, 5.41) is 93.4. The summed E-state index contributed by atoms with van der Waals surface area (Å²) in [6.45, 7) is -1.67. The zero-order valence-corrected chi connectivity index (χ0v) is 22.2. The number of rotatable bonds is 10. The lowest BCUT2D eigenvalue weighted by Crippen LogP contribution is -2.69. The predicted molar refractivity (Wildman–Crippen MR) is 123 cm³/mol. The van der Waals surface area contributed by atoms with Crippen molar-refractivity contribution in [3.05, 3.63) is 0 Å². The van der Waals surface area contributed by atoms with E-state index in [1.807, 2.05) is 0 Å². The Balaban J connectivity index is 1.94. The molecular formula is C20H35NO19S. The minimum Gasteiger partial charge on any atom is -0.394 e. The highest BCUT2D eigenvalue weighted by Gasteiger charge is 2.54. The van der Waals surface area contributed by atoms with Crippen LogP contribution in [0.15, 0.2) is 0 Å². The molecule has 20 nitrogen and oxygen atoms in total. The molecule has 3 saturated heterocycles. The van der Waals surface area contributed by atoms with E-state index < -0.39 is 128 Å². The molecule has 1 amide bonds. The lowest BCUT2D eigenvalue weighted by Gasteiger charge is -2.49. The number of aliphatic hydroxyl groups is 9. The number of nitrogens with one attached hydrogen (secondary N) is 1. The van der Waals surface area contributed by atoms with Gasteiger partial charge in [-0.25, -0.2) is 4.18 Å². The van der Waals surface area contributed by atoms with Crippen molar-refractivity contribution >= 4 is 16.3 Å². The van der Waals surface area contributed by atoms with Crippen LogP contribution in [0.25, 0.3) is 0 Å². The molecule has 0 unspecified atom stereocenters. The number of amides is 1. The highest BCUT2D eigenvalue weighted by atomic mass is 32.3. The van der Waals surface area contributed by atoms with Crippen molar-refractivity contribution in [1.82, 2.24) is 5.32 Å². The third kappa shape index (κ3) is 7.84. The van der Waals surface area contributed by atoms with Gasteiger partial charge in [0.25, 0.3) is 0 Å². The van der Waals surface area contributed by atoms with E-state index >= 15 is 0 Å². The zero-order chi connectivity index (χ0) is 30.8. The third-order valence-corrected chi connectivity index (χ3v) is 7.17. The number of carbonyl (C=O) groups is 1. The van der Waals surface area contributed by atoms with Crippen LogP contribution in [0.5, 0.6) is 0 Å². The fourth-order valence-electron chi connectivity index (χ4n) is 4.70. The van der Waals surface area contributed by atoms with Crippen molar-refractivity contribution in [1.29, 1.82) is 0 Å². The van der Waals surface area contributed by atoms with Crippen LogP contribution < -0.4 is 5.32 Å². The molecule has 11 N–H and O–H groups in total. The van der Waals surface area contributed by atoms with Gasteiger partial charge < -0.3 is 75.0 Å². The van der Waals surface area contributed by atoms with Gasteiger partial charge in [0.05, 0.1) is 19.8 Å². The zero-order valence-electron chi connectivity index (χ0n) is 21.3. The summed E-state index contributed by atoms with van der Waals surface area (Å²) in [5.41, 5.74) is 0. The summed E-state index contributed by atoms with van der Waals surface area (Å²) >= 11 is 0. The first-order chi connectivity index (χ1) is 19.1. The van der Waals surface area contributed by atoms with Gasteiger partial charge in [-0.05, 0) is 0 Å². The average molecular weight is 626 g/mol. The van der Waals surface area contributed by atoms with Crippen LogP contribution in [0.4, 0.5) is 0 Å². The first-order valence-electron chi connectivity index (χ1n) is 12.2. The van der Waals surface area contributed by atoms with Gasteiger partial charge in [-0.1, -0.05) is 0 Å². The first kappa shape index (κ1) is 34.3. The van der Waals surface area contributed by atoms with Gasteiger partial charge in [0.1, 0.15) is 73.2 Å². The molecule has 0 saturated carbocycles. The van der Waals surface area contributed by atoms with E-state index in [0.29, 0.717) is 0 Å². The maximum absolute atomic E-state index is 12.1. The topological polar surface area (TPSA) is 321 Å². The molecule has 0 aromatic carbocycles. The second kappa shape index (κ2) is 14.0. The van der Waals surface area contributed by atoms with Crippen LogP contribution in [0.3, 0.4) is 0 Å². The fraction of sp³-hybridized carbons (Fsp3) is 0.950. The van der Waals surface area contributed by atoms with Crippen molar-refractivity contribution in [3.8, 4) is 0 Å². The number of hydrogen-bond acceptors (Lipinski definition) is 18. The summed E-state index contributed by atoms with van der Waals surface area (Å²) in [5.74, 6) is -0.772. The van der Waals surface area contributed by atoms with E-state index in [4.69, 9.17) is 28.2 Å². The maximum Gasteiger partial charge on any atom is 0.397 e. The quantitative estimate of drug-likeness (QED) is 0.100. The number of carbonyl (C=O) groups excluding carboxylic acids is 1. The molecule has 3 fully saturated rings. The molecular weight excluding hydrogens is 590 g/mol. The van der Waals surface area contributed by atoms with Crippen LogP contribution in [-0.2, 0) is 43.1 Å². The molecule has 0 bridgehead atoms. The van der Waals surface area contributed by atoms with Crippen molar-refractivity contribution in [2.24, 2.45) is 0 Å². The molecule has 41 heavy (non-hydrogen) atoms. The fourth-order valence-corrected chi connectivity index (χ4v) is 5.21. The molecule has 0 spiro atoms. The second-order valence-corrected chi connectivity index (χ2v) is 10.6. The van der Waals surface area contributed by atoms with Crippen LogP contribution in [0, 0.1) is 0 Å². The second-order valence-electron chi connectivity index (χ2n) is 9.57. The van der Waals surface area contributed by atoms with Gasteiger partial charge in [0.15, 0.2) is 18.9 Å². The molecule has 0 aromatic rings. The van der Waals surface area contributed by atoms with E-state index in [1.165, 1.54) is 0 Å². The van der Waals surface area contributed by atoms with Gasteiger partial charge >= 0.3 is 10.4 Å². The molecule has 3 aliphatic heterocycles. The Kier molecular flexibility index (Phi) is 11.7. The van der Waals surface area contributed by atoms with Gasteiger partial charge in [-0.15, -0.1) is 0 Å². The smallest absolute Gasteiger partial charge is 0.394 e. The maximum atomic E-state index is 12.1. The Morgan fingerprint density at radius 1 is 0.707 bits per heavy atom. The SMILES string of the molecule is CC(=O)N[C@H]1[C@H](O[C@@H]2[C@H](O)[C@@H](O)[C@H](O)O[C@@H]2CO)O[C@H](CO)[C@@H](O)[C@@H]1O[C@@H]1O[C@H](CO)[C@H](O)[C@H](OS(=O)(=O)O)[C@H]1O. The standard InChI is InChI=1S/C20H35NO19S/c1-5(25)21-9-16(39-20-14(30)17(40-41(32,33)34)11(27)7(3-23)37-20)10(26)6(2-22)36-19(9)38-15-8(4-24)35-18(31)13(29)12(15)28/h6-20,22-24,26-31H,2-4H2,1H3,(H,21,25)(H,32,33,34)/t6-,7-,8-,9-,10-,11+,12-,13-,14-,15+,16-,17+,18-,19+,20+/m1/s1. The molecule has 240 valence electrons. The normalized spacial score (nSPS) is 45.8. The molecule has 0 aromatic heterocycles. The van der Waals surface area contributed by atoms with Crippen LogP contribution in [-0.4, -0.2) is 177 Å². The molecule has 0 radical (unpaired) electrons. The number of hydrogen-bond donors (Lipinski definition) is 11. The van der Waals surface area contributed by atoms with Crippen molar-refractivity contribution in [3.63, 3.8) is 0 Å². The Labute approximate surface area is 232 Å². The average Bonchev–Trinajstić information content (AvgIpc) is 2.90. The lowest BCUT2D eigenvalue weighted by atomic mass is 9.94. The third-order valence-electron chi connectivity index (χ3n) is 6.70. The van der Waals surface area contributed by atoms with Crippen molar-refractivity contribution < 1.29 is 91.6 Å². The van der Waals surface area contributed by atoms with Gasteiger partial charge in [-0.2, -0.15) is 8.42 Å². The summed E-state index contributed by atoms with van der Waals surface area (Å²) in [6, 6.07) is -1.60. The Morgan fingerprint density at radius 2 is 1.22 bits per heavy atom. The molecule has 3 heterocycles. The Morgan fingerprint density at radius 3 is 1.73 bits per heavy atom. The van der Waals surface area contributed by atoms with Crippen molar-refractivity contribution in [2.75, 3.05) is 19.8 Å². The monoisotopic (exact) mass is 625 g/mol. The molecule has 15 atom stereocenters. The largest absolute Gasteiger partial charge is 0.397 e. The van der Waals surface area contributed by atoms with E-state index in [1.54, 1.807) is 0 Å². The Bertz CT molecular complexity index is 970. The highest BCUT2D eigenvalue weighted by molar-refractivity contribution is 7.80. The predicted octanol–water partition coefficient (Wildman–Crippen LogP) is -7.60. The number of aliphatic hydroxyl groups excluding tert-OH is 9. The summed E-state index contributed by atoms with van der Waals surface area (Å²) in [7, 11) is -5.26. The van der Waals surface area contributed by atoms with E-state index in [-0.39, 0.29) is 0 Å². The van der Waals surface area contributed by atoms with Crippen LogP contribution >= 0.6 is 0 Å². The molecule has 3 rings (SSSR count). The van der Waals surface area contributed by atoms with Crippen LogP contribution in [0.1, 0.15) is 6.92 Å². The molecule has 3 aliphatic rings. The molecule has 0 aliphatic carbocycles. The summed E-state index contributed by atoms with van der Waals surface area (Å²) in [4.78, 5) is 12.1. The Hall–Kier alpha value is -1.22. The number of ether oxygens (including phenoxy) is 5. The molecule has 21 heteroatoms. The lowest BCUT2D eigenvalue weighted by molar-refractivity contribution is -0.362. The summed E-state index contributed by atoms with van der Waals surface area (Å²) in [6.07, 6.45) is -25.7. The van der Waals surface area contributed by atoms with Gasteiger partial charge in [0, 0.05) is 6.92 Å². The first-order valence-corrected chi connectivity index (χ1v) is 13.6. The minimum absolute atomic E-state index is 0.772. The van der Waals surface area contributed by atoms with Gasteiger partial charge in [-0.3, -0.25) is 9.35 Å². The van der Waals surface area contributed by atoms with Crippen LogP contribution in [0.2, 0.25) is 0 Å². The van der Waals surface area contributed by atoms with Crippen molar-refractivity contribution in [2.45, 2.75) is 99.0 Å². The van der Waals surface area contributed by atoms with E-state index in [9.17, 15) is 59.2 Å². The van der Waals surface area contributed by atoms with E-state index in [0.717, 1.165) is 6.92 Å². The highest BCUT2D eigenvalue weighted by Crippen LogP contribution is 2.33. The van der Waals surface area contributed by atoms with Gasteiger partial charge in [0.2, 0.25) is 5.91 Å². The van der Waals surface area contributed by atoms with E-state index in [2.05, 4.69) is 9.50 Å². The minimum atomic E-state index is -5.26.